The zero-order valence-corrected chi connectivity index (χ0v) is 9.94. The number of hydrogen-bond donors (Lipinski definition) is 2. The highest BCUT2D eigenvalue weighted by Crippen LogP contribution is 2.20. The summed E-state index contributed by atoms with van der Waals surface area (Å²) in [7, 11) is -3.60. The summed E-state index contributed by atoms with van der Waals surface area (Å²) < 4.78 is 28.1. The lowest BCUT2D eigenvalue weighted by atomic mass is 10.1. The molecule has 5 nitrogen and oxygen atoms in total. The van der Waals surface area contributed by atoms with Gasteiger partial charge in [-0.15, -0.1) is 0 Å². The molecular weight excluding hydrogens is 238 g/mol. The Kier molecular flexibility index (Phi) is 3.43. The molecule has 6 heteroatoms. The molecule has 1 aromatic rings. The van der Waals surface area contributed by atoms with Gasteiger partial charge in [0.1, 0.15) is 6.04 Å². The van der Waals surface area contributed by atoms with Gasteiger partial charge in [0.25, 0.3) is 10.2 Å². The molecule has 1 aliphatic rings. The molecule has 0 aliphatic heterocycles. The minimum absolute atomic E-state index is 0.0302. The average Bonchev–Trinajstić information content (AvgIpc) is 3.10. The second-order valence-electron chi connectivity index (χ2n) is 3.99. The molecule has 1 atom stereocenters. The Morgan fingerprint density at radius 2 is 1.94 bits per heavy atom. The maximum absolute atomic E-state index is 11.7. The van der Waals surface area contributed by atoms with Crippen molar-refractivity contribution >= 4 is 10.2 Å². The van der Waals surface area contributed by atoms with Gasteiger partial charge in [-0.05, 0) is 18.4 Å². The number of rotatable bonds is 5. The first-order valence-corrected chi connectivity index (χ1v) is 6.83. The number of nitrogens with one attached hydrogen (secondary N) is 2. The van der Waals surface area contributed by atoms with E-state index in [2.05, 4.69) is 9.44 Å². The topological polar surface area (TPSA) is 82.0 Å². The fourth-order valence-electron chi connectivity index (χ4n) is 1.42. The molecular formula is C11H13N3O2S. The Balaban J connectivity index is 2.07. The van der Waals surface area contributed by atoms with Crippen LogP contribution in [-0.4, -0.2) is 14.5 Å². The molecule has 2 N–H and O–H groups in total. The van der Waals surface area contributed by atoms with E-state index in [9.17, 15) is 8.42 Å². The third-order valence-corrected chi connectivity index (χ3v) is 3.62. The molecule has 0 amide bonds. The third kappa shape index (κ3) is 3.53. The summed E-state index contributed by atoms with van der Waals surface area (Å²) >= 11 is 0. The molecule has 0 heterocycles. The lowest BCUT2D eigenvalue weighted by Crippen LogP contribution is -2.39. The highest BCUT2D eigenvalue weighted by atomic mass is 32.2. The highest BCUT2D eigenvalue weighted by Gasteiger charge is 2.28. The van der Waals surface area contributed by atoms with E-state index in [-0.39, 0.29) is 6.04 Å². The van der Waals surface area contributed by atoms with E-state index in [0.29, 0.717) is 5.56 Å². The minimum Gasteiger partial charge on any atom is -0.199 e. The first-order valence-electron chi connectivity index (χ1n) is 5.35. The van der Waals surface area contributed by atoms with Gasteiger partial charge in [-0.3, -0.25) is 0 Å². The lowest BCUT2D eigenvalue weighted by molar-refractivity contribution is 0.559. The predicted molar refractivity (Wildman–Crippen MR) is 63.0 cm³/mol. The summed E-state index contributed by atoms with van der Waals surface area (Å²) in [5.41, 5.74) is 0.635. The van der Waals surface area contributed by atoms with Crippen molar-refractivity contribution < 1.29 is 8.42 Å². The van der Waals surface area contributed by atoms with Crippen LogP contribution in [0.25, 0.3) is 0 Å². The molecule has 0 saturated heterocycles. The van der Waals surface area contributed by atoms with Gasteiger partial charge in [0.15, 0.2) is 0 Å². The molecule has 0 bridgehead atoms. The van der Waals surface area contributed by atoms with E-state index in [0.717, 1.165) is 12.8 Å². The van der Waals surface area contributed by atoms with Crippen LogP contribution in [0.5, 0.6) is 0 Å². The van der Waals surface area contributed by atoms with Crippen LogP contribution in [0.1, 0.15) is 24.4 Å². The maximum Gasteiger partial charge on any atom is 0.278 e. The van der Waals surface area contributed by atoms with Crippen LogP contribution in [0.4, 0.5) is 0 Å². The molecule has 1 saturated carbocycles. The molecule has 1 unspecified atom stereocenters. The summed E-state index contributed by atoms with van der Waals surface area (Å²) in [6, 6.07) is 9.89. The van der Waals surface area contributed by atoms with Gasteiger partial charge in [0.05, 0.1) is 6.07 Å². The van der Waals surface area contributed by atoms with Gasteiger partial charge in [-0.1, -0.05) is 30.3 Å². The van der Waals surface area contributed by atoms with Gasteiger partial charge < -0.3 is 0 Å². The van der Waals surface area contributed by atoms with Crippen molar-refractivity contribution in [3.8, 4) is 6.07 Å². The van der Waals surface area contributed by atoms with Crippen molar-refractivity contribution in [2.24, 2.45) is 0 Å². The number of benzene rings is 1. The Labute approximate surface area is 101 Å². The van der Waals surface area contributed by atoms with Gasteiger partial charge in [0.2, 0.25) is 0 Å². The average molecular weight is 251 g/mol. The summed E-state index contributed by atoms with van der Waals surface area (Å²) in [5, 5.41) is 8.99. The normalized spacial score (nSPS) is 17.4. The molecule has 1 aliphatic carbocycles. The maximum atomic E-state index is 11.7. The van der Waals surface area contributed by atoms with Crippen LogP contribution < -0.4 is 9.44 Å². The zero-order valence-electron chi connectivity index (χ0n) is 9.13. The van der Waals surface area contributed by atoms with Crippen LogP contribution in [0.2, 0.25) is 0 Å². The fourth-order valence-corrected chi connectivity index (χ4v) is 2.67. The Hall–Kier alpha value is -1.42. The van der Waals surface area contributed by atoms with Crippen molar-refractivity contribution in [3.63, 3.8) is 0 Å². The SMILES string of the molecule is N#CC(NS(=O)(=O)NC1CC1)c1ccccc1. The molecule has 90 valence electrons. The van der Waals surface area contributed by atoms with E-state index < -0.39 is 16.3 Å². The number of hydrogen-bond acceptors (Lipinski definition) is 3. The monoisotopic (exact) mass is 251 g/mol. The Bertz CT molecular complexity index is 517. The van der Waals surface area contributed by atoms with E-state index in [1.807, 2.05) is 12.1 Å². The van der Waals surface area contributed by atoms with Crippen LogP contribution in [0.3, 0.4) is 0 Å². The smallest absolute Gasteiger partial charge is 0.199 e. The second-order valence-corrected chi connectivity index (χ2v) is 5.46. The van der Waals surface area contributed by atoms with Crippen LogP contribution in [0, 0.1) is 11.3 Å². The van der Waals surface area contributed by atoms with Crippen molar-refractivity contribution in [2.45, 2.75) is 24.9 Å². The van der Waals surface area contributed by atoms with Gasteiger partial charge in [-0.2, -0.15) is 23.1 Å². The van der Waals surface area contributed by atoms with Crippen molar-refractivity contribution in [1.29, 1.82) is 5.26 Å². The molecule has 0 spiro atoms. The predicted octanol–water partition coefficient (Wildman–Crippen LogP) is 0.838. The highest BCUT2D eigenvalue weighted by molar-refractivity contribution is 7.87. The molecule has 2 rings (SSSR count). The molecule has 17 heavy (non-hydrogen) atoms. The fraction of sp³-hybridized carbons (Fsp3) is 0.364. The van der Waals surface area contributed by atoms with Crippen LogP contribution in [-0.2, 0) is 10.2 Å². The Morgan fingerprint density at radius 1 is 1.29 bits per heavy atom. The quantitative estimate of drug-likeness (QED) is 0.813. The summed E-state index contributed by atoms with van der Waals surface area (Å²) in [4.78, 5) is 0. The van der Waals surface area contributed by atoms with E-state index in [1.165, 1.54) is 0 Å². The van der Waals surface area contributed by atoms with E-state index >= 15 is 0 Å². The van der Waals surface area contributed by atoms with E-state index in [4.69, 9.17) is 5.26 Å². The first-order chi connectivity index (χ1) is 8.11. The van der Waals surface area contributed by atoms with Crippen molar-refractivity contribution in [3.05, 3.63) is 35.9 Å². The second kappa shape index (κ2) is 4.84. The minimum atomic E-state index is -3.60. The largest absolute Gasteiger partial charge is 0.278 e. The van der Waals surface area contributed by atoms with Crippen LogP contribution >= 0.6 is 0 Å². The van der Waals surface area contributed by atoms with Crippen LogP contribution in [0.15, 0.2) is 30.3 Å². The summed E-state index contributed by atoms with van der Waals surface area (Å²) in [5.74, 6) is 0. The summed E-state index contributed by atoms with van der Waals surface area (Å²) in [6.07, 6.45) is 1.73. The van der Waals surface area contributed by atoms with Crippen molar-refractivity contribution in [1.82, 2.24) is 9.44 Å². The van der Waals surface area contributed by atoms with Gasteiger partial charge in [-0.25, -0.2) is 0 Å². The molecule has 0 radical (unpaired) electrons. The van der Waals surface area contributed by atoms with Gasteiger partial charge >= 0.3 is 0 Å². The standard InChI is InChI=1S/C11H13N3O2S/c12-8-11(9-4-2-1-3-5-9)14-17(15,16)13-10-6-7-10/h1-5,10-11,13-14H,6-7H2. The van der Waals surface area contributed by atoms with E-state index in [1.54, 1.807) is 24.3 Å². The molecule has 0 aromatic heterocycles. The molecule has 1 fully saturated rings. The summed E-state index contributed by atoms with van der Waals surface area (Å²) in [6.45, 7) is 0. The third-order valence-electron chi connectivity index (χ3n) is 2.43. The zero-order chi connectivity index (χ0) is 12.3. The molecule has 1 aromatic carbocycles. The van der Waals surface area contributed by atoms with Gasteiger partial charge in [0, 0.05) is 6.04 Å². The first kappa shape index (κ1) is 12.0. The number of nitrogens with zero attached hydrogens (tertiary/aromatic N) is 1. The Morgan fingerprint density at radius 3 is 2.47 bits per heavy atom. The van der Waals surface area contributed by atoms with Crippen molar-refractivity contribution in [2.75, 3.05) is 0 Å². The number of nitriles is 1. The lowest BCUT2D eigenvalue weighted by Gasteiger charge is -2.12.